The standard InChI is InChI=1S/C17H15ClN2O3S2/c1-10-12(18)3-2-4-13(10)20-25(21,22)16-8-7-15(24-16)14-9-19-17(23-14)11-5-6-11/h2-4,7-9,11,20H,5-6H2,1H3. The Bertz CT molecular complexity index is 1040. The molecule has 130 valence electrons. The Kier molecular flexibility index (Phi) is 4.10. The van der Waals surface area contributed by atoms with Gasteiger partial charge in [-0.3, -0.25) is 4.72 Å². The normalized spacial score (nSPS) is 14.6. The molecule has 0 saturated heterocycles. The van der Waals surface area contributed by atoms with Gasteiger partial charge in [0.1, 0.15) is 4.21 Å². The second kappa shape index (κ2) is 6.16. The molecular weight excluding hydrogens is 380 g/mol. The van der Waals surface area contributed by atoms with E-state index in [0.717, 1.165) is 34.9 Å². The molecule has 1 saturated carbocycles. The molecule has 2 heterocycles. The van der Waals surface area contributed by atoms with Gasteiger partial charge in [-0.15, -0.1) is 11.3 Å². The van der Waals surface area contributed by atoms with Crippen LogP contribution in [0.1, 0.15) is 30.2 Å². The van der Waals surface area contributed by atoms with Crippen LogP contribution in [0.4, 0.5) is 5.69 Å². The van der Waals surface area contributed by atoms with E-state index >= 15 is 0 Å². The van der Waals surface area contributed by atoms with Crippen molar-refractivity contribution in [1.82, 2.24) is 4.98 Å². The number of rotatable bonds is 5. The Morgan fingerprint density at radius 2 is 2.08 bits per heavy atom. The van der Waals surface area contributed by atoms with E-state index in [-0.39, 0.29) is 4.21 Å². The van der Waals surface area contributed by atoms with Gasteiger partial charge in [-0.25, -0.2) is 13.4 Å². The van der Waals surface area contributed by atoms with Crippen LogP contribution < -0.4 is 4.72 Å². The topological polar surface area (TPSA) is 72.2 Å². The molecule has 1 aliphatic carbocycles. The van der Waals surface area contributed by atoms with Crippen molar-refractivity contribution in [1.29, 1.82) is 0 Å². The number of sulfonamides is 1. The van der Waals surface area contributed by atoms with Gasteiger partial charge in [0.2, 0.25) is 0 Å². The zero-order valence-corrected chi connectivity index (χ0v) is 15.7. The van der Waals surface area contributed by atoms with Crippen molar-refractivity contribution < 1.29 is 12.8 Å². The fraction of sp³-hybridized carbons (Fsp3) is 0.235. The monoisotopic (exact) mass is 394 g/mol. The Balaban J connectivity index is 1.60. The highest BCUT2D eigenvalue weighted by atomic mass is 35.5. The van der Waals surface area contributed by atoms with Crippen molar-refractivity contribution in [2.24, 2.45) is 0 Å². The lowest BCUT2D eigenvalue weighted by Gasteiger charge is -2.10. The van der Waals surface area contributed by atoms with Crippen molar-refractivity contribution in [2.75, 3.05) is 4.72 Å². The van der Waals surface area contributed by atoms with E-state index in [1.165, 1.54) is 0 Å². The van der Waals surface area contributed by atoms with Crippen LogP contribution in [-0.4, -0.2) is 13.4 Å². The predicted octanol–water partition coefficient (Wildman–Crippen LogP) is 5.04. The number of anilines is 1. The van der Waals surface area contributed by atoms with Crippen LogP contribution in [0.2, 0.25) is 5.02 Å². The third-order valence-electron chi connectivity index (χ3n) is 4.05. The van der Waals surface area contributed by atoms with Crippen LogP contribution >= 0.6 is 22.9 Å². The molecule has 1 fully saturated rings. The molecule has 25 heavy (non-hydrogen) atoms. The summed E-state index contributed by atoms with van der Waals surface area (Å²) in [7, 11) is -3.69. The summed E-state index contributed by atoms with van der Waals surface area (Å²) >= 11 is 7.20. The van der Waals surface area contributed by atoms with Gasteiger partial charge in [0.15, 0.2) is 11.7 Å². The van der Waals surface area contributed by atoms with E-state index in [4.69, 9.17) is 16.0 Å². The van der Waals surface area contributed by atoms with E-state index in [2.05, 4.69) is 9.71 Å². The molecule has 0 unspecified atom stereocenters. The summed E-state index contributed by atoms with van der Waals surface area (Å²) in [4.78, 5) is 5.01. The Morgan fingerprint density at radius 3 is 2.84 bits per heavy atom. The van der Waals surface area contributed by atoms with E-state index < -0.39 is 10.0 Å². The lowest BCUT2D eigenvalue weighted by Crippen LogP contribution is -2.12. The van der Waals surface area contributed by atoms with Gasteiger partial charge in [-0.1, -0.05) is 17.7 Å². The molecule has 5 nitrogen and oxygen atoms in total. The molecular formula is C17H15ClN2O3S2. The summed E-state index contributed by atoms with van der Waals surface area (Å²) in [5.41, 5.74) is 1.16. The SMILES string of the molecule is Cc1c(Cl)cccc1NS(=O)(=O)c1ccc(-c2cnc(C3CC3)o2)s1. The molecule has 1 aromatic carbocycles. The molecule has 0 amide bonds. The molecule has 0 aliphatic heterocycles. The molecule has 0 radical (unpaired) electrons. The van der Waals surface area contributed by atoms with Crippen molar-refractivity contribution in [3.63, 3.8) is 0 Å². The number of benzene rings is 1. The number of halogens is 1. The van der Waals surface area contributed by atoms with Crippen LogP contribution in [-0.2, 0) is 10.0 Å². The van der Waals surface area contributed by atoms with Gasteiger partial charge in [-0.05, 0) is 49.6 Å². The molecule has 3 aromatic rings. The first-order chi connectivity index (χ1) is 11.9. The number of aromatic nitrogens is 1. The molecule has 1 N–H and O–H groups in total. The Labute approximate surface area is 154 Å². The largest absolute Gasteiger partial charge is 0.440 e. The summed E-state index contributed by atoms with van der Waals surface area (Å²) in [5, 5.41) is 0.515. The average Bonchev–Trinajstić information content (AvgIpc) is 3.10. The van der Waals surface area contributed by atoms with Crippen LogP contribution in [0.25, 0.3) is 10.6 Å². The highest BCUT2D eigenvalue weighted by molar-refractivity contribution is 7.94. The van der Waals surface area contributed by atoms with E-state index in [1.807, 2.05) is 0 Å². The minimum absolute atomic E-state index is 0.214. The predicted molar refractivity (Wildman–Crippen MR) is 98.8 cm³/mol. The summed E-state index contributed by atoms with van der Waals surface area (Å²) in [6, 6.07) is 8.43. The summed E-state index contributed by atoms with van der Waals surface area (Å²) in [6.07, 6.45) is 3.87. The van der Waals surface area contributed by atoms with Gasteiger partial charge in [-0.2, -0.15) is 0 Å². The van der Waals surface area contributed by atoms with Gasteiger partial charge < -0.3 is 4.42 Å². The number of thiophene rings is 1. The zero-order chi connectivity index (χ0) is 17.6. The first-order valence-corrected chi connectivity index (χ1v) is 10.5. The lowest BCUT2D eigenvalue weighted by molar-refractivity contribution is 0.510. The highest BCUT2D eigenvalue weighted by Gasteiger charge is 2.29. The number of hydrogen-bond donors (Lipinski definition) is 1. The van der Waals surface area contributed by atoms with Crippen LogP contribution in [0.5, 0.6) is 0 Å². The zero-order valence-electron chi connectivity index (χ0n) is 13.3. The summed E-state index contributed by atoms with van der Waals surface area (Å²) in [6.45, 7) is 1.77. The molecule has 0 bridgehead atoms. The average molecular weight is 395 g/mol. The molecule has 2 aromatic heterocycles. The summed E-state index contributed by atoms with van der Waals surface area (Å²) in [5.74, 6) is 1.76. The minimum atomic E-state index is -3.69. The Hall–Kier alpha value is -1.83. The van der Waals surface area contributed by atoms with Crippen molar-refractivity contribution >= 4 is 38.6 Å². The molecule has 0 spiro atoms. The van der Waals surface area contributed by atoms with Gasteiger partial charge >= 0.3 is 0 Å². The van der Waals surface area contributed by atoms with Crippen molar-refractivity contribution in [3.8, 4) is 10.6 Å². The number of hydrogen-bond acceptors (Lipinski definition) is 5. The minimum Gasteiger partial charge on any atom is -0.440 e. The van der Waals surface area contributed by atoms with Crippen LogP contribution in [0.3, 0.4) is 0 Å². The second-order valence-corrected chi connectivity index (χ2v) is 9.37. The number of nitrogens with one attached hydrogen (secondary N) is 1. The van der Waals surface area contributed by atoms with Gasteiger partial charge in [0, 0.05) is 10.9 Å². The second-order valence-electron chi connectivity index (χ2n) is 5.97. The fourth-order valence-corrected chi connectivity index (χ4v) is 4.98. The fourth-order valence-electron chi connectivity index (χ4n) is 2.43. The maximum atomic E-state index is 12.6. The van der Waals surface area contributed by atoms with E-state index in [9.17, 15) is 8.42 Å². The third-order valence-corrected chi connectivity index (χ3v) is 7.42. The maximum absolute atomic E-state index is 12.6. The number of nitrogens with zero attached hydrogens (tertiary/aromatic N) is 1. The maximum Gasteiger partial charge on any atom is 0.271 e. The van der Waals surface area contributed by atoms with Crippen molar-refractivity contribution in [2.45, 2.75) is 29.9 Å². The smallest absolute Gasteiger partial charge is 0.271 e. The number of oxazole rings is 1. The molecule has 1 aliphatic rings. The third kappa shape index (κ3) is 3.31. The lowest BCUT2D eigenvalue weighted by atomic mass is 10.2. The Morgan fingerprint density at radius 1 is 1.28 bits per heavy atom. The highest BCUT2D eigenvalue weighted by Crippen LogP contribution is 2.41. The van der Waals surface area contributed by atoms with Gasteiger partial charge in [0.05, 0.1) is 16.8 Å². The molecule has 0 atom stereocenters. The first kappa shape index (κ1) is 16.6. The van der Waals surface area contributed by atoms with Crippen LogP contribution in [0.15, 0.2) is 45.2 Å². The van der Waals surface area contributed by atoms with Gasteiger partial charge in [0.25, 0.3) is 10.0 Å². The van der Waals surface area contributed by atoms with E-state index in [1.54, 1.807) is 43.5 Å². The van der Waals surface area contributed by atoms with E-state index in [0.29, 0.717) is 28.0 Å². The van der Waals surface area contributed by atoms with Crippen molar-refractivity contribution in [3.05, 3.63) is 53.0 Å². The quantitative estimate of drug-likeness (QED) is 0.657. The first-order valence-electron chi connectivity index (χ1n) is 7.78. The van der Waals surface area contributed by atoms with Crippen LogP contribution in [0, 0.1) is 6.92 Å². The molecule has 8 heteroatoms. The summed E-state index contributed by atoms with van der Waals surface area (Å²) < 4.78 is 33.8. The molecule has 4 rings (SSSR count).